The fourth-order valence-corrected chi connectivity index (χ4v) is 3.74. The zero-order valence-electron chi connectivity index (χ0n) is 13.9. The van der Waals surface area contributed by atoms with Gasteiger partial charge in [-0.1, -0.05) is 13.8 Å². The van der Waals surface area contributed by atoms with E-state index in [1.165, 1.54) is 24.8 Å². The molecule has 120 valence electrons. The van der Waals surface area contributed by atoms with Crippen LogP contribution in [-0.4, -0.2) is 40.3 Å². The van der Waals surface area contributed by atoms with Gasteiger partial charge in [-0.25, -0.2) is 0 Å². The maximum absolute atomic E-state index is 6.36. The van der Waals surface area contributed by atoms with Crippen molar-refractivity contribution in [3.05, 3.63) is 23.9 Å². The van der Waals surface area contributed by atoms with Crippen LogP contribution in [-0.2, 0) is 0 Å². The largest absolute Gasteiger partial charge is 0.490 e. The molecule has 1 saturated carbocycles. The molecule has 0 aliphatic heterocycles. The lowest BCUT2D eigenvalue weighted by Crippen LogP contribution is -2.41. The van der Waals surface area contributed by atoms with Crippen molar-refractivity contribution in [2.45, 2.75) is 58.6 Å². The minimum Gasteiger partial charge on any atom is -0.490 e. The Morgan fingerprint density at radius 3 is 2.86 bits per heavy atom. The summed E-state index contributed by atoms with van der Waals surface area (Å²) < 4.78 is 6.36. The molecule has 3 rings (SSSR count). The minimum atomic E-state index is 0.336. The third-order valence-electron chi connectivity index (χ3n) is 5.06. The predicted molar refractivity (Wildman–Crippen MR) is 90.4 cm³/mol. The van der Waals surface area contributed by atoms with Gasteiger partial charge in [-0.15, -0.1) is 0 Å². The van der Waals surface area contributed by atoms with E-state index < -0.39 is 0 Å². The van der Waals surface area contributed by atoms with Crippen LogP contribution >= 0.6 is 0 Å². The maximum atomic E-state index is 6.36. The van der Waals surface area contributed by atoms with Gasteiger partial charge in [0.2, 0.25) is 0 Å². The van der Waals surface area contributed by atoms with Crippen molar-refractivity contribution >= 4 is 10.9 Å². The van der Waals surface area contributed by atoms with E-state index in [0.29, 0.717) is 12.1 Å². The first kappa shape index (κ1) is 15.3. The Labute approximate surface area is 132 Å². The van der Waals surface area contributed by atoms with E-state index in [-0.39, 0.29) is 0 Å². The van der Waals surface area contributed by atoms with Gasteiger partial charge in [0.25, 0.3) is 0 Å². The quantitative estimate of drug-likeness (QED) is 0.910. The Balaban J connectivity index is 1.72. The van der Waals surface area contributed by atoms with Crippen molar-refractivity contribution < 1.29 is 4.74 Å². The van der Waals surface area contributed by atoms with Crippen LogP contribution in [0.4, 0.5) is 0 Å². The van der Waals surface area contributed by atoms with Gasteiger partial charge >= 0.3 is 0 Å². The molecule has 4 heteroatoms. The van der Waals surface area contributed by atoms with Crippen molar-refractivity contribution in [1.82, 2.24) is 15.1 Å². The first-order valence-corrected chi connectivity index (χ1v) is 8.56. The summed E-state index contributed by atoms with van der Waals surface area (Å²) in [6.45, 7) is 8.90. The van der Waals surface area contributed by atoms with Crippen molar-refractivity contribution in [3.8, 4) is 5.75 Å². The highest BCUT2D eigenvalue weighted by atomic mass is 16.5. The molecule has 1 aliphatic carbocycles. The molecule has 2 atom stereocenters. The molecule has 1 N–H and O–H groups in total. The molecular formula is C18H27N3O. The lowest BCUT2D eigenvalue weighted by molar-refractivity contribution is 0.0814. The van der Waals surface area contributed by atoms with E-state index in [2.05, 4.69) is 48.0 Å². The van der Waals surface area contributed by atoms with Gasteiger partial charge in [0.1, 0.15) is 11.9 Å². The zero-order valence-corrected chi connectivity index (χ0v) is 13.9. The molecule has 1 aromatic heterocycles. The van der Waals surface area contributed by atoms with Crippen LogP contribution in [0.25, 0.3) is 10.9 Å². The molecule has 0 radical (unpaired) electrons. The fraction of sp³-hybridized carbons (Fsp3) is 0.611. The molecule has 0 saturated heterocycles. The van der Waals surface area contributed by atoms with E-state index >= 15 is 0 Å². The number of aryl methyl sites for hydroxylation is 1. The van der Waals surface area contributed by atoms with Crippen LogP contribution in [0, 0.1) is 6.92 Å². The Hall–Kier alpha value is -1.55. The van der Waals surface area contributed by atoms with E-state index in [4.69, 9.17) is 4.74 Å². The Morgan fingerprint density at radius 1 is 1.27 bits per heavy atom. The smallest absolute Gasteiger partial charge is 0.123 e. The number of nitrogens with one attached hydrogen (secondary N) is 1. The number of benzene rings is 1. The van der Waals surface area contributed by atoms with Crippen LogP contribution in [0.15, 0.2) is 18.3 Å². The average molecular weight is 301 g/mol. The second-order valence-corrected chi connectivity index (χ2v) is 6.30. The fourth-order valence-electron chi connectivity index (χ4n) is 3.74. The molecule has 0 unspecified atom stereocenters. The highest BCUT2D eigenvalue weighted by Gasteiger charge is 2.26. The number of aromatic amines is 1. The highest BCUT2D eigenvalue weighted by molar-refractivity contribution is 5.83. The van der Waals surface area contributed by atoms with Crippen LogP contribution in [0.3, 0.4) is 0 Å². The first-order chi connectivity index (χ1) is 10.7. The van der Waals surface area contributed by atoms with Crippen molar-refractivity contribution in [2.75, 3.05) is 13.1 Å². The van der Waals surface area contributed by atoms with Crippen LogP contribution in [0.2, 0.25) is 0 Å². The number of hydrogen-bond acceptors (Lipinski definition) is 3. The van der Waals surface area contributed by atoms with Gasteiger partial charge in [-0.2, -0.15) is 5.10 Å². The molecule has 2 aromatic rings. The first-order valence-electron chi connectivity index (χ1n) is 8.56. The lowest BCUT2D eigenvalue weighted by atomic mass is 9.91. The van der Waals surface area contributed by atoms with Gasteiger partial charge in [0.05, 0.1) is 11.7 Å². The molecular weight excluding hydrogens is 274 g/mol. The van der Waals surface area contributed by atoms with Crippen molar-refractivity contribution in [3.63, 3.8) is 0 Å². The van der Waals surface area contributed by atoms with Crippen molar-refractivity contribution in [2.24, 2.45) is 0 Å². The topological polar surface area (TPSA) is 41.1 Å². The normalized spacial score (nSPS) is 22.4. The zero-order chi connectivity index (χ0) is 15.5. The van der Waals surface area contributed by atoms with E-state index in [1.807, 2.05) is 6.20 Å². The van der Waals surface area contributed by atoms with Crippen LogP contribution in [0.1, 0.15) is 45.1 Å². The van der Waals surface area contributed by atoms with Gasteiger partial charge in [0.15, 0.2) is 0 Å². The third-order valence-corrected chi connectivity index (χ3v) is 5.06. The summed E-state index contributed by atoms with van der Waals surface area (Å²) in [6.07, 6.45) is 7.10. The molecule has 1 fully saturated rings. The molecule has 0 spiro atoms. The Bertz CT molecular complexity index is 618. The van der Waals surface area contributed by atoms with Crippen LogP contribution in [0.5, 0.6) is 5.75 Å². The van der Waals surface area contributed by atoms with E-state index in [1.54, 1.807) is 0 Å². The molecule has 22 heavy (non-hydrogen) atoms. The summed E-state index contributed by atoms with van der Waals surface area (Å²) in [7, 11) is 0. The van der Waals surface area contributed by atoms with Crippen LogP contribution < -0.4 is 4.74 Å². The predicted octanol–water partition coefficient (Wildman–Crippen LogP) is 3.90. The summed E-state index contributed by atoms with van der Waals surface area (Å²) in [6, 6.07) is 4.82. The van der Waals surface area contributed by atoms with Gasteiger partial charge in [0, 0.05) is 17.0 Å². The number of ether oxygens (including phenoxy) is 1. The van der Waals surface area contributed by atoms with E-state index in [9.17, 15) is 0 Å². The Morgan fingerprint density at radius 2 is 2.09 bits per heavy atom. The molecule has 0 amide bonds. The molecule has 0 bridgehead atoms. The van der Waals surface area contributed by atoms with Gasteiger partial charge in [-0.05, 0) is 57.8 Å². The number of hydrogen-bond donors (Lipinski definition) is 1. The third kappa shape index (κ3) is 2.98. The second kappa shape index (κ2) is 6.69. The summed E-state index contributed by atoms with van der Waals surface area (Å²) in [5.74, 6) is 1.01. The number of rotatable bonds is 5. The van der Waals surface area contributed by atoms with E-state index in [0.717, 1.165) is 36.2 Å². The summed E-state index contributed by atoms with van der Waals surface area (Å²) in [4.78, 5) is 2.57. The number of nitrogens with zero attached hydrogens (tertiary/aromatic N) is 2. The average Bonchev–Trinajstić information content (AvgIpc) is 3.01. The van der Waals surface area contributed by atoms with Gasteiger partial charge < -0.3 is 9.64 Å². The highest BCUT2D eigenvalue weighted by Crippen LogP contribution is 2.31. The molecule has 1 aromatic carbocycles. The summed E-state index contributed by atoms with van der Waals surface area (Å²) in [5, 5.41) is 8.30. The SMILES string of the molecule is CCN(CC)[C@@H]1CCC[C@H](Oc2ccc3[nH]ncc3c2C)C1. The Kier molecular flexibility index (Phi) is 4.67. The standard InChI is InChI=1S/C18H27N3O/c1-4-21(5-2)14-7-6-8-15(11-14)22-18-10-9-17-16(13(18)3)12-19-20-17/h9-10,12,14-15H,4-8,11H2,1-3H3,(H,19,20)/t14-,15+/m1/s1. The monoisotopic (exact) mass is 301 g/mol. The number of H-pyrrole nitrogens is 1. The lowest BCUT2D eigenvalue weighted by Gasteiger charge is -2.36. The molecule has 4 nitrogen and oxygen atoms in total. The molecule has 1 heterocycles. The number of fused-ring (bicyclic) bond motifs is 1. The van der Waals surface area contributed by atoms with Crippen molar-refractivity contribution in [1.29, 1.82) is 0 Å². The summed E-state index contributed by atoms with van der Waals surface area (Å²) >= 11 is 0. The summed E-state index contributed by atoms with van der Waals surface area (Å²) in [5.41, 5.74) is 2.27. The van der Waals surface area contributed by atoms with Gasteiger partial charge in [-0.3, -0.25) is 5.10 Å². The number of aromatic nitrogens is 2. The molecule has 1 aliphatic rings. The second-order valence-electron chi connectivity index (χ2n) is 6.30. The minimum absolute atomic E-state index is 0.336. The maximum Gasteiger partial charge on any atom is 0.123 e.